The summed E-state index contributed by atoms with van der Waals surface area (Å²) in [6.45, 7) is 0. The van der Waals surface area contributed by atoms with Crippen molar-refractivity contribution < 1.29 is 29.8 Å². The molecule has 0 amide bonds. The molecule has 0 fully saturated rings. The average Bonchev–Trinajstić information content (AvgIpc) is 2.26. The minimum absolute atomic E-state index is 0.207. The number of nitrogens with zero attached hydrogens (tertiary/aromatic N) is 2. The minimum atomic E-state index is -1.83. The molecule has 2 atom stereocenters. The second-order valence-corrected chi connectivity index (χ2v) is 3.51. The van der Waals surface area contributed by atoms with Crippen molar-refractivity contribution in [3.05, 3.63) is 39.3 Å². The lowest BCUT2D eigenvalue weighted by atomic mass is 10.0. The quantitative estimate of drug-likeness (QED) is 0.268. The Morgan fingerprint density at radius 3 is 2.61 bits per heavy atom. The van der Waals surface area contributed by atoms with Gasteiger partial charge in [-0.3, -0.25) is 14.9 Å². The maximum atomic E-state index is 11.0. The minimum Gasteiger partial charge on any atom is -0.619 e. The fourth-order valence-corrected chi connectivity index (χ4v) is 1.38. The zero-order valence-corrected chi connectivity index (χ0v) is 8.96. The highest BCUT2D eigenvalue weighted by Crippen LogP contribution is 2.26. The Labute approximate surface area is 100 Å². The third-order valence-electron chi connectivity index (χ3n) is 2.20. The van der Waals surface area contributed by atoms with Crippen LogP contribution in [0.5, 0.6) is 0 Å². The molecule has 0 spiro atoms. The van der Waals surface area contributed by atoms with E-state index in [1.54, 1.807) is 0 Å². The van der Waals surface area contributed by atoms with Crippen LogP contribution in [0.2, 0.25) is 0 Å². The summed E-state index contributed by atoms with van der Waals surface area (Å²) in [7, 11) is 0. The first-order valence-electron chi connectivity index (χ1n) is 4.78. The molecule has 98 valence electrons. The monoisotopic (exact) mass is 258 g/mol. The summed E-state index contributed by atoms with van der Waals surface area (Å²) in [4.78, 5) is 20.2. The van der Waals surface area contributed by atoms with E-state index in [2.05, 4.69) is 0 Å². The molecule has 1 heterocycles. The summed E-state index contributed by atoms with van der Waals surface area (Å²) in [5.74, 6) is -1.38. The highest BCUT2D eigenvalue weighted by molar-refractivity contribution is 5.67. The molecule has 0 aliphatic carbocycles. The number of carbonyl (C=O) groups is 1. The molecule has 0 radical (unpaired) electrons. The number of aromatic nitrogens is 1. The second kappa shape index (κ2) is 5.38. The van der Waals surface area contributed by atoms with Crippen LogP contribution in [0.3, 0.4) is 0 Å². The van der Waals surface area contributed by atoms with Gasteiger partial charge in [0.1, 0.15) is 11.7 Å². The molecule has 0 aliphatic rings. The van der Waals surface area contributed by atoms with Crippen molar-refractivity contribution in [3.63, 3.8) is 0 Å². The van der Waals surface area contributed by atoms with Gasteiger partial charge in [-0.05, 0) is 0 Å². The average molecular weight is 258 g/mol. The molecule has 1 aromatic heterocycles. The van der Waals surface area contributed by atoms with Crippen LogP contribution in [0, 0.1) is 15.3 Å². The predicted octanol–water partition coefficient (Wildman–Crippen LogP) is -0.903. The summed E-state index contributed by atoms with van der Waals surface area (Å²) in [5, 5.41) is 49.1. The lowest BCUT2D eigenvalue weighted by Crippen LogP contribution is -2.29. The van der Waals surface area contributed by atoms with Crippen LogP contribution >= 0.6 is 0 Å². The highest BCUT2D eigenvalue weighted by atomic mass is 16.6. The number of aliphatic hydroxyl groups is 2. The first-order valence-corrected chi connectivity index (χ1v) is 4.78. The fourth-order valence-electron chi connectivity index (χ4n) is 1.38. The lowest BCUT2D eigenvalue weighted by Gasteiger charge is -2.15. The van der Waals surface area contributed by atoms with Gasteiger partial charge in [-0.25, -0.2) is 0 Å². The smallest absolute Gasteiger partial charge is 0.306 e. The molecule has 18 heavy (non-hydrogen) atoms. The van der Waals surface area contributed by atoms with Gasteiger partial charge >= 0.3 is 5.97 Å². The summed E-state index contributed by atoms with van der Waals surface area (Å²) >= 11 is 0. The van der Waals surface area contributed by atoms with Gasteiger partial charge in [-0.1, -0.05) is 0 Å². The van der Waals surface area contributed by atoms with E-state index in [1.807, 2.05) is 0 Å². The van der Waals surface area contributed by atoms with Gasteiger partial charge in [-0.2, -0.15) is 4.73 Å². The number of aliphatic hydroxyl groups excluding tert-OH is 2. The van der Waals surface area contributed by atoms with Crippen LogP contribution < -0.4 is 4.73 Å². The fraction of sp³-hybridized carbons (Fsp3) is 0.333. The van der Waals surface area contributed by atoms with Crippen molar-refractivity contribution in [3.8, 4) is 0 Å². The third-order valence-corrected chi connectivity index (χ3v) is 2.20. The SMILES string of the molecule is O=C(O)CC(O)C(O)c1c[n+]([O-])ccc1[N+](=O)[O-]. The van der Waals surface area contributed by atoms with E-state index in [4.69, 9.17) is 5.11 Å². The molecule has 1 rings (SSSR count). The molecule has 0 bridgehead atoms. The summed E-state index contributed by atoms with van der Waals surface area (Å²) < 4.78 is 0.207. The van der Waals surface area contributed by atoms with E-state index < -0.39 is 40.8 Å². The van der Waals surface area contributed by atoms with Crippen molar-refractivity contribution in [2.75, 3.05) is 0 Å². The Hall–Kier alpha value is -2.26. The van der Waals surface area contributed by atoms with E-state index >= 15 is 0 Å². The summed E-state index contributed by atoms with van der Waals surface area (Å²) in [6.07, 6.45) is -2.80. The zero-order chi connectivity index (χ0) is 13.9. The molecule has 0 aliphatic heterocycles. The van der Waals surface area contributed by atoms with Crippen LogP contribution in [-0.4, -0.2) is 32.3 Å². The molecule has 0 aromatic carbocycles. The summed E-state index contributed by atoms with van der Waals surface area (Å²) in [5.41, 5.74) is -1.01. The number of carboxylic acids is 1. The predicted molar refractivity (Wildman–Crippen MR) is 55.3 cm³/mol. The van der Waals surface area contributed by atoms with E-state index in [-0.39, 0.29) is 4.73 Å². The molecule has 0 saturated carbocycles. The number of nitro groups is 1. The number of carboxylic acid groups (broad SMARTS) is 1. The van der Waals surface area contributed by atoms with Gasteiger partial charge in [0.15, 0.2) is 12.4 Å². The number of hydrogen-bond acceptors (Lipinski definition) is 6. The van der Waals surface area contributed by atoms with E-state index in [0.717, 1.165) is 12.3 Å². The van der Waals surface area contributed by atoms with Gasteiger partial charge in [0.05, 0.1) is 23.5 Å². The molecule has 2 unspecified atom stereocenters. The Morgan fingerprint density at radius 1 is 1.50 bits per heavy atom. The van der Waals surface area contributed by atoms with Crippen molar-refractivity contribution in [2.24, 2.45) is 0 Å². The van der Waals surface area contributed by atoms with Crippen LogP contribution in [0.15, 0.2) is 18.5 Å². The Morgan fingerprint density at radius 2 is 2.11 bits per heavy atom. The molecule has 3 N–H and O–H groups in total. The standard InChI is InChI=1S/C9H10N2O7/c12-7(3-8(13)14)9(15)5-4-10(16)2-1-6(5)11(17)18/h1-2,4,7,9,12,15H,3H2,(H,13,14). The third kappa shape index (κ3) is 3.12. The zero-order valence-electron chi connectivity index (χ0n) is 8.96. The second-order valence-electron chi connectivity index (χ2n) is 3.51. The van der Waals surface area contributed by atoms with E-state index in [1.165, 1.54) is 0 Å². The van der Waals surface area contributed by atoms with Crippen molar-refractivity contribution in [2.45, 2.75) is 18.6 Å². The molecule has 0 saturated heterocycles. The maximum absolute atomic E-state index is 11.0. The van der Waals surface area contributed by atoms with Crippen molar-refractivity contribution in [1.29, 1.82) is 0 Å². The lowest BCUT2D eigenvalue weighted by molar-refractivity contribution is -0.606. The Kier molecular flexibility index (Phi) is 4.13. The van der Waals surface area contributed by atoms with Crippen LogP contribution in [0.4, 0.5) is 5.69 Å². The number of pyridine rings is 1. The Bertz CT molecular complexity index is 476. The largest absolute Gasteiger partial charge is 0.619 e. The number of hydrogen-bond donors (Lipinski definition) is 3. The van der Waals surface area contributed by atoms with E-state index in [9.17, 15) is 30.3 Å². The maximum Gasteiger partial charge on any atom is 0.306 e. The van der Waals surface area contributed by atoms with Crippen molar-refractivity contribution in [1.82, 2.24) is 0 Å². The first kappa shape index (κ1) is 13.8. The first-order chi connectivity index (χ1) is 8.32. The van der Waals surface area contributed by atoms with Gasteiger partial charge in [0.2, 0.25) is 0 Å². The topological polar surface area (TPSA) is 148 Å². The molecule has 9 nitrogen and oxygen atoms in total. The van der Waals surface area contributed by atoms with Gasteiger partial charge in [-0.15, -0.1) is 0 Å². The normalized spacial score (nSPS) is 13.9. The Balaban J connectivity index is 3.10. The summed E-state index contributed by atoms with van der Waals surface area (Å²) in [6, 6.07) is 0.860. The molecular formula is C9H10N2O7. The van der Waals surface area contributed by atoms with Crippen LogP contribution in [0.1, 0.15) is 18.1 Å². The molecule has 1 aromatic rings. The van der Waals surface area contributed by atoms with Crippen LogP contribution in [-0.2, 0) is 4.79 Å². The molecular weight excluding hydrogens is 248 g/mol. The van der Waals surface area contributed by atoms with E-state index in [0.29, 0.717) is 6.20 Å². The number of rotatable bonds is 5. The van der Waals surface area contributed by atoms with Crippen molar-refractivity contribution >= 4 is 11.7 Å². The highest BCUT2D eigenvalue weighted by Gasteiger charge is 2.30. The molecule has 9 heteroatoms. The van der Waals surface area contributed by atoms with Crippen LogP contribution in [0.25, 0.3) is 0 Å². The number of aliphatic carboxylic acids is 1. The van der Waals surface area contributed by atoms with Gasteiger partial charge in [0, 0.05) is 0 Å². The van der Waals surface area contributed by atoms with Gasteiger partial charge in [0.25, 0.3) is 5.69 Å². The van der Waals surface area contributed by atoms with Gasteiger partial charge < -0.3 is 20.5 Å².